The van der Waals surface area contributed by atoms with E-state index in [1.54, 1.807) is 0 Å². The van der Waals surface area contributed by atoms with Crippen molar-refractivity contribution in [2.45, 2.75) is 32.2 Å². The Kier molecular flexibility index (Phi) is 4.25. The van der Waals surface area contributed by atoms with Gasteiger partial charge in [-0.3, -0.25) is 4.79 Å². The zero-order chi connectivity index (χ0) is 14.7. The lowest BCUT2D eigenvalue weighted by molar-refractivity contribution is 0.0912. The Balaban J connectivity index is 1.63. The molecular formula is C17H23N3O. The van der Waals surface area contributed by atoms with E-state index < -0.39 is 0 Å². The standard InChI is InChI=1S/C17H23N3O/c1-2-10-20-11-7-14(8-12-20)19-17(21)15-5-3-4-13-6-9-18-16(13)15/h3-6,9,14,18H,2,7-8,10-12H2,1H3,(H,19,21). The molecule has 1 aliphatic rings. The van der Waals surface area contributed by atoms with Gasteiger partial charge in [-0.15, -0.1) is 0 Å². The number of nitrogens with one attached hydrogen (secondary N) is 2. The molecule has 4 nitrogen and oxygen atoms in total. The smallest absolute Gasteiger partial charge is 0.253 e. The van der Waals surface area contributed by atoms with Crippen molar-refractivity contribution >= 4 is 16.8 Å². The summed E-state index contributed by atoms with van der Waals surface area (Å²) >= 11 is 0. The molecule has 0 radical (unpaired) electrons. The quantitative estimate of drug-likeness (QED) is 0.907. The van der Waals surface area contributed by atoms with Crippen molar-refractivity contribution in [3.8, 4) is 0 Å². The summed E-state index contributed by atoms with van der Waals surface area (Å²) in [6, 6.07) is 8.15. The molecule has 4 heteroatoms. The predicted octanol–water partition coefficient (Wildman–Crippen LogP) is 2.77. The van der Waals surface area contributed by atoms with Gasteiger partial charge in [0.1, 0.15) is 0 Å². The molecule has 1 aromatic heterocycles. The SMILES string of the molecule is CCCN1CCC(NC(=O)c2cccc3cc[nH]c23)CC1. The molecule has 2 aromatic rings. The van der Waals surface area contributed by atoms with E-state index in [1.807, 2.05) is 30.5 Å². The summed E-state index contributed by atoms with van der Waals surface area (Å²) in [6.45, 7) is 5.56. The zero-order valence-electron chi connectivity index (χ0n) is 12.6. The molecule has 0 spiro atoms. The fourth-order valence-electron chi connectivity index (χ4n) is 3.15. The Morgan fingerprint density at radius 3 is 2.90 bits per heavy atom. The van der Waals surface area contributed by atoms with E-state index in [1.165, 1.54) is 13.0 Å². The second-order valence-corrected chi connectivity index (χ2v) is 5.84. The van der Waals surface area contributed by atoms with E-state index in [0.717, 1.165) is 42.4 Å². The molecule has 0 unspecified atom stereocenters. The Labute approximate surface area is 125 Å². The van der Waals surface area contributed by atoms with E-state index in [9.17, 15) is 4.79 Å². The summed E-state index contributed by atoms with van der Waals surface area (Å²) in [7, 11) is 0. The topological polar surface area (TPSA) is 48.1 Å². The molecule has 2 heterocycles. The fourth-order valence-corrected chi connectivity index (χ4v) is 3.15. The van der Waals surface area contributed by atoms with Crippen LogP contribution in [0.2, 0.25) is 0 Å². The minimum Gasteiger partial charge on any atom is -0.361 e. The highest BCUT2D eigenvalue weighted by atomic mass is 16.1. The van der Waals surface area contributed by atoms with Crippen molar-refractivity contribution in [1.82, 2.24) is 15.2 Å². The van der Waals surface area contributed by atoms with Gasteiger partial charge in [-0.2, -0.15) is 0 Å². The Hall–Kier alpha value is -1.81. The minimum atomic E-state index is 0.0389. The predicted molar refractivity (Wildman–Crippen MR) is 85.5 cm³/mol. The van der Waals surface area contributed by atoms with Gasteiger partial charge in [-0.25, -0.2) is 0 Å². The molecule has 1 aromatic carbocycles. The molecule has 0 atom stereocenters. The first-order valence-electron chi connectivity index (χ1n) is 7.87. The van der Waals surface area contributed by atoms with Crippen LogP contribution in [0.1, 0.15) is 36.5 Å². The van der Waals surface area contributed by atoms with Gasteiger partial charge in [-0.05, 0) is 37.9 Å². The van der Waals surface area contributed by atoms with Crippen LogP contribution in [-0.2, 0) is 0 Å². The van der Waals surface area contributed by atoms with Gasteiger partial charge in [-0.1, -0.05) is 19.1 Å². The van der Waals surface area contributed by atoms with E-state index in [-0.39, 0.29) is 5.91 Å². The molecule has 1 fully saturated rings. The van der Waals surface area contributed by atoms with Crippen LogP contribution >= 0.6 is 0 Å². The Morgan fingerprint density at radius 1 is 1.33 bits per heavy atom. The maximum Gasteiger partial charge on any atom is 0.253 e. The van der Waals surface area contributed by atoms with Crippen molar-refractivity contribution in [1.29, 1.82) is 0 Å². The van der Waals surface area contributed by atoms with Crippen molar-refractivity contribution < 1.29 is 4.79 Å². The number of rotatable bonds is 4. The number of likely N-dealkylation sites (tertiary alicyclic amines) is 1. The number of hydrogen-bond acceptors (Lipinski definition) is 2. The van der Waals surface area contributed by atoms with Crippen molar-refractivity contribution in [3.63, 3.8) is 0 Å². The second-order valence-electron chi connectivity index (χ2n) is 5.84. The number of hydrogen-bond donors (Lipinski definition) is 2. The number of amides is 1. The van der Waals surface area contributed by atoms with Crippen LogP contribution in [0.4, 0.5) is 0 Å². The fraction of sp³-hybridized carbons (Fsp3) is 0.471. The molecule has 2 N–H and O–H groups in total. The first kappa shape index (κ1) is 14.1. The molecule has 21 heavy (non-hydrogen) atoms. The van der Waals surface area contributed by atoms with E-state index in [0.29, 0.717) is 6.04 Å². The number of carbonyl (C=O) groups excluding carboxylic acids is 1. The van der Waals surface area contributed by atoms with Crippen LogP contribution < -0.4 is 5.32 Å². The molecule has 112 valence electrons. The van der Waals surface area contributed by atoms with Gasteiger partial charge in [0.2, 0.25) is 0 Å². The summed E-state index contributed by atoms with van der Waals surface area (Å²) in [5.41, 5.74) is 1.67. The Bertz CT molecular complexity index is 611. The number of para-hydroxylation sites is 1. The lowest BCUT2D eigenvalue weighted by Crippen LogP contribution is -2.44. The van der Waals surface area contributed by atoms with E-state index in [4.69, 9.17) is 0 Å². The molecule has 0 bridgehead atoms. The molecule has 1 saturated heterocycles. The van der Waals surface area contributed by atoms with E-state index in [2.05, 4.69) is 22.1 Å². The first-order valence-corrected chi connectivity index (χ1v) is 7.87. The molecule has 0 saturated carbocycles. The third kappa shape index (κ3) is 3.10. The third-order valence-electron chi connectivity index (χ3n) is 4.29. The van der Waals surface area contributed by atoms with Crippen molar-refractivity contribution in [2.75, 3.05) is 19.6 Å². The van der Waals surface area contributed by atoms with E-state index >= 15 is 0 Å². The van der Waals surface area contributed by atoms with Gasteiger partial charge in [0, 0.05) is 30.7 Å². The maximum atomic E-state index is 12.5. The molecular weight excluding hydrogens is 262 g/mol. The lowest BCUT2D eigenvalue weighted by Gasteiger charge is -2.32. The van der Waals surface area contributed by atoms with Gasteiger partial charge in [0.15, 0.2) is 0 Å². The summed E-state index contributed by atoms with van der Waals surface area (Å²) in [5.74, 6) is 0.0389. The summed E-state index contributed by atoms with van der Waals surface area (Å²) in [6.07, 6.45) is 5.18. The van der Waals surface area contributed by atoms with Gasteiger partial charge in [0.05, 0.1) is 11.1 Å². The first-order chi connectivity index (χ1) is 10.3. The number of aromatic amines is 1. The third-order valence-corrected chi connectivity index (χ3v) is 4.29. The van der Waals surface area contributed by atoms with Gasteiger partial charge >= 0.3 is 0 Å². The number of carbonyl (C=O) groups is 1. The number of benzene rings is 1. The molecule has 3 rings (SSSR count). The minimum absolute atomic E-state index is 0.0389. The normalized spacial score (nSPS) is 17.2. The summed E-state index contributed by atoms with van der Waals surface area (Å²) < 4.78 is 0. The van der Waals surface area contributed by atoms with Crippen molar-refractivity contribution in [2.24, 2.45) is 0 Å². The number of aromatic nitrogens is 1. The number of piperidine rings is 1. The summed E-state index contributed by atoms with van der Waals surface area (Å²) in [4.78, 5) is 18.1. The Morgan fingerprint density at radius 2 is 2.14 bits per heavy atom. The summed E-state index contributed by atoms with van der Waals surface area (Å²) in [5, 5.41) is 4.28. The lowest BCUT2D eigenvalue weighted by atomic mass is 10.0. The second kappa shape index (κ2) is 6.31. The monoisotopic (exact) mass is 285 g/mol. The van der Waals surface area contributed by atoms with Gasteiger partial charge in [0.25, 0.3) is 5.91 Å². The number of nitrogens with zero attached hydrogens (tertiary/aromatic N) is 1. The highest BCUT2D eigenvalue weighted by Gasteiger charge is 2.21. The highest BCUT2D eigenvalue weighted by Crippen LogP contribution is 2.18. The van der Waals surface area contributed by atoms with Crippen LogP contribution in [0.5, 0.6) is 0 Å². The molecule has 0 aliphatic carbocycles. The largest absolute Gasteiger partial charge is 0.361 e. The molecule has 1 amide bonds. The van der Waals surface area contributed by atoms with Crippen LogP contribution in [0, 0.1) is 0 Å². The van der Waals surface area contributed by atoms with Crippen molar-refractivity contribution in [3.05, 3.63) is 36.0 Å². The average molecular weight is 285 g/mol. The molecule has 1 aliphatic heterocycles. The van der Waals surface area contributed by atoms with Crippen LogP contribution in [0.25, 0.3) is 10.9 Å². The van der Waals surface area contributed by atoms with Crippen LogP contribution in [0.15, 0.2) is 30.5 Å². The van der Waals surface area contributed by atoms with Gasteiger partial charge < -0.3 is 15.2 Å². The van der Waals surface area contributed by atoms with Crippen LogP contribution in [-0.4, -0.2) is 41.5 Å². The maximum absolute atomic E-state index is 12.5. The van der Waals surface area contributed by atoms with Crippen LogP contribution in [0.3, 0.4) is 0 Å². The number of H-pyrrole nitrogens is 1. The zero-order valence-corrected chi connectivity index (χ0v) is 12.6. The highest BCUT2D eigenvalue weighted by molar-refractivity contribution is 6.05. The number of fused-ring (bicyclic) bond motifs is 1. The average Bonchev–Trinajstić information content (AvgIpc) is 2.98.